The number of hydrogen-bond acceptors (Lipinski definition) is 3. The molecule has 0 aliphatic carbocycles. The lowest BCUT2D eigenvalue weighted by molar-refractivity contribution is 1.30. The largest absolute Gasteiger partial charge is 0.389 e. The van der Waals surface area contributed by atoms with Crippen LogP contribution in [0.15, 0.2) is 6.20 Å². The van der Waals surface area contributed by atoms with Gasteiger partial charge in [0, 0.05) is 0 Å². The zero-order valence-corrected chi connectivity index (χ0v) is 6.05. The van der Waals surface area contributed by atoms with Crippen molar-refractivity contribution in [3.63, 3.8) is 0 Å². The predicted octanol–water partition coefficient (Wildman–Crippen LogP) is 1.46. The van der Waals surface area contributed by atoms with Crippen LogP contribution in [0.3, 0.4) is 0 Å². The van der Waals surface area contributed by atoms with Crippen LogP contribution >= 0.6 is 23.7 Å². The molecule has 0 spiro atoms. The van der Waals surface area contributed by atoms with Gasteiger partial charge in [0.05, 0.1) is 11.2 Å². The average molecular weight is 151 g/mol. The Morgan fingerprint density at radius 1 is 1.75 bits per heavy atom. The van der Waals surface area contributed by atoms with Crippen LogP contribution in [0, 0.1) is 6.92 Å². The summed E-state index contributed by atoms with van der Waals surface area (Å²) in [4.78, 5) is 3.91. The van der Waals surface area contributed by atoms with Crippen LogP contribution in [0.25, 0.3) is 0 Å². The minimum atomic E-state index is 0. The molecule has 1 aromatic rings. The van der Waals surface area contributed by atoms with Gasteiger partial charge in [-0.05, 0) is 6.92 Å². The molecule has 8 heavy (non-hydrogen) atoms. The molecule has 2 N–H and O–H groups in total. The van der Waals surface area contributed by atoms with Crippen LogP contribution in [-0.4, -0.2) is 4.98 Å². The van der Waals surface area contributed by atoms with E-state index >= 15 is 0 Å². The van der Waals surface area contributed by atoms with Crippen molar-refractivity contribution in [1.29, 1.82) is 0 Å². The number of aryl methyl sites for hydroxylation is 1. The molecule has 0 unspecified atom stereocenters. The Labute approximate surface area is 58.1 Å². The molecule has 0 fully saturated rings. The van der Waals surface area contributed by atoms with Crippen LogP contribution in [0.2, 0.25) is 0 Å². The topological polar surface area (TPSA) is 38.9 Å². The molecule has 1 aromatic heterocycles. The Hall–Kier alpha value is -0.280. The maximum atomic E-state index is 5.33. The summed E-state index contributed by atoms with van der Waals surface area (Å²) in [6.07, 6.45) is 1.67. The van der Waals surface area contributed by atoms with E-state index in [1.165, 1.54) is 11.3 Å². The summed E-state index contributed by atoms with van der Waals surface area (Å²) in [7, 11) is 0. The normalized spacial score (nSPS) is 8.12. The van der Waals surface area contributed by atoms with E-state index in [0.29, 0.717) is 0 Å². The van der Waals surface area contributed by atoms with Gasteiger partial charge in [0.15, 0.2) is 0 Å². The number of nitrogen functional groups attached to an aromatic ring is 1. The number of aromatic nitrogens is 1. The molecule has 46 valence electrons. The molecule has 0 aliphatic rings. The van der Waals surface area contributed by atoms with Gasteiger partial charge in [-0.25, -0.2) is 4.98 Å². The maximum absolute atomic E-state index is 5.33. The van der Waals surface area contributed by atoms with Crippen LogP contribution in [-0.2, 0) is 0 Å². The lowest BCUT2D eigenvalue weighted by Crippen LogP contribution is -1.73. The van der Waals surface area contributed by atoms with Crippen molar-refractivity contribution in [2.45, 2.75) is 6.92 Å². The van der Waals surface area contributed by atoms with E-state index in [9.17, 15) is 0 Å². The molecule has 4 heteroatoms. The number of halogens is 1. The third-order valence-corrected chi connectivity index (χ3v) is 1.38. The molecular weight excluding hydrogens is 144 g/mol. The van der Waals surface area contributed by atoms with Gasteiger partial charge in [-0.15, -0.1) is 23.7 Å². The van der Waals surface area contributed by atoms with E-state index in [1.54, 1.807) is 6.20 Å². The van der Waals surface area contributed by atoms with Crippen LogP contribution in [0.4, 0.5) is 5.00 Å². The summed E-state index contributed by atoms with van der Waals surface area (Å²) >= 11 is 1.51. The minimum absolute atomic E-state index is 0. The smallest absolute Gasteiger partial charge is 0.106 e. The lowest BCUT2D eigenvalue weighted by Gasteiger charge is -1.70. The van der Waals surface area contributed by atoms with Crippen LogP contribution in [0.5, 0.6) is 0 Å². The molecule has 0 atom stereocenters. The number of rotatable bonds is 0. The minimum Gasteiger partial charge on any atom is -0.389 e. The SMILES string of the molecule is Cc1ncc(N)s1.Cl. The van der Waals surface area contributed by atoms with E-state index in [4.69, 9.17) is 5.73 Å². The molecule has 0 amide bonds. The molecule has 1 rings (SSSR count). The predicted molar refractivity (Wildman–Crippen MR) is 38.5 cm³/mol. The van der Waals surface area contributed by atoms with E-state index in [2.05, 4.69) is 4.98 Å². The van der Waals surface area contributed by atoms with E-state index in [1.807, 2.05) is 6.92 Å². The fourth-order valence-electron chi connectivity index (χ4n) is 0.378. The third kappa shape index (κ3) is 1.68. The van der Waals surface area contributed by atoms with Crippen LogP contribution < -0.4 is 5.73 Å². The first kappa shape index (κ1) is 7.72. The Bertz CT molecular complexity index is 146. The second kappa shape index (κ2) is 2.89. The fourth-order valence-corrected chi connectivity index (χ4v) is 0.930. The van der Waals surface area contributed by atoms with Gasteiger partial charge in [0.1, 0.15) is 5.00 Å². The van der Waals surface area contributed by atoms with Gasteiger partial charge in [-0.1, -0.05) is 0 Å². The molecule has 2 nitrogen and oxygen atoms in total. The highest BCUT2D eigenvalue weighted by Gasteiger charge is 1.86. The summed E-state index contributed by atoms with van der Waals surface area (Å²) in [6.45, 7) is 1.93. The number of nitrogens with zero attached hydrogens (tertiary/aromatic N) is 1. The van der Waals surface area contributed by atoms with E-state index < -0.39 is 0 Å². The Morgan fingerprint density at radius 2 is 2.38 bits per heavy atom. The zero-order chi connectivity index (χ0) is 5.28. The first-order chi connectivity index (χ1) is 3.29. The molecule has 0 saturated carbocycles. The van der Waals surface area contributed by atoms with Gasteiger partial charge >= 0.3 is 0 Å². The van der Waals surface area contributed by atoms with Crippen molar-refractivity contribution in [3.8, 4) is 0 Å². The highest BCUT2D eigenvalue weighted by atomic mass is 35.5. The first-order valence-corrected chi connectivity index (χ1v) is 2.78. The number of hydrogen-bond donors (Lipinski definition) is 1. The Balaban J connectivity index is 0.000000490. The molecule has 0 aromatic carbocycles. The Morgan fingerprint density at radius 3 is 2.50 bits per heavy atom. The van der Waals surface area contributed by atoms with Crippen molar-refractivity contribution in [3.05, 3.63) is 11.2 Å². The first-order valence-electron chi connectivity index (χ1n) is 1.97. The third-order valence-electron chi connectivity index (χ3n) is 0.639. The maximum Gasteiger partial charge on any atom is 0.106 e. The molecule has 0 saturated heterocycles. The summed E-state index contributed by atoms with van der Waals surface area (Å²) in [6, 6.07) is 0. The lowest BCUT2D eigenvalue weighted by atomic mass is 10.8. The van der Waals surface area contributed by atoms with Crippen molar-refractivity contribution < 1.29 is 0 Å². The number of anilines is 1. The van der Waals surface area contributed by atoms with Gasteiger partial charge in [0.25, 0.3) is 0 Å². The van der Waals surface area contributed by atoms with Crippen molar-refractivity contribution in [1.82, 2.24) is 4.98 Å². The van der Waals surface area contributed by atoms with Gasteiger partial charge in [-0.2, -0.15) is 0 Å². The van der Waals surface area contributed by atoms with Crippen molar-refractivity contribution >= 4 is 28.7 Å². The van der Waals surface area contributed by atoms with Crippen molar-refractivity contribution in [2.24, 2.45) is 0 Å². The average Bonchev–Trinajstić information content (AvgIpc) is 1.87. The summed E-state index contributed by atoms with van der Waals surface area (Å²) in [5, 5.41) is 1.81. The standard InChI is InChI=1S/C4H6N2S.ClH/c1-3-6-2-4(5)7-3;/h2H,5H2,1H3;1H. The van der Waals surface area contributed by atoms with Gasteiger partial charge in [-0.3, -0.25) is 0 Å². The summed E-state index contributed by atoms with van der Waals surface area (Å²) < 4.78 is 0. The highest BCUT2D eigenvalue weighted by molar-refractivity contribution is 7.15. The molecule has 0 radical (unpaired) electrons. The molecule has 0 aliphatic heterocycles. The number of thiazole rings is 1. The van der Waals surface area contributed by atoms with E-state index in [0.717, 1.165) is 10.0 Å². The monoisotopic (exact) mass is 150 g/mol. The fraction of sp³-hybridized carbons (Fsp3) is 0.250. The second-order valence-corrected chi connectivity index (χ2v) is 2.55. The van der Waals surface area contributed by atoms with Crippen molar-refractivity contribution in [2.75, 3.05) is 5.73 Å². The van der Waals surface area contributed by atoms with Gasteiger partial charge in [0.2, 0.25) is 0 Å². The second-order valence-electron chi connectivity index (χ2n) is 1.28. The molecular formula is C4H7ClN2S. The quantitative estimate of drug-likeness (QED) is 0.608. The van der Waals surface area contributed by atoms with Crippen LogP contribution in [0.1, 0.15) is 5.01 Å². The summed E-state index contributed by atoms with van der Waals surface area (Å²) in [5.74, 6) is 0. The zero-order valence-electron chi connectivity index (χ0n) is 4.42. The summed E-state index contributed by atoms with van der Waals surface area (Å²) in [5.41, 5.74) is 5.33. The molecule has 1 heterocycles. The Kier molecular flexibility index (Phi) is 2.79. The number of nitrogens with two attached hydrogens (primary N) is 1. The molecule has 0 bridgehead atoms. The highest BCUT2D eigenvalue weighted by Crippen LogP contribution is 2.11. The van der Waals surface area contributed by atoms with Gasteiger partial charge < -0.3 is 5.73 Å². The van der Waals surface area contributed by atoms with E-state index in [-0.39, 0.29) is 12.4 Å².